The first-order valence-electron chi connectivity index (χ1n) is 12.4. The Morgan fingerprint density at radius 1 is 1.03 bits per heavy atom. The summed E-state index contributed by atoms with van der Waals surface area (Å²) in [4.78, 5) is 38.0. The Bertz CT molecular complexity index is 1250. The quantitative estimate of drug-likeness (QED) is 0.463. The van der Waals surface area contributed by atoms with Crippen molar-refractivity contribution in [1.82, 2.24) is 15.2 Å². The van der Waals surface area contributed by atoms with Crippen LogP contribution in [0.3, 0.4) is 0 Å². The summed E-state index contributed by atoms with van der Waals surface area (Å²) in [7, 11) is 0. The summed E-state index contributed by atoms with van der Waals surface area (Å²) in [5.41, 5.74) is 0.307. The molecule has 3 saturated carbocycles. The number of hydrogen-bond acceptors (Lipinski definition) is 5. The van der Waals surface area contributed by atoms with Gasteiger partial charge in [0, 0.05) is 35.7 Å². The Hall–Kier alpha value is -3.47. The van der Waals surface area contributed by atoms with Crippen LogP contribution in [-0.2, 0) is 9.47 Å². The molecule has 0 radical (unpaired) electrons. The highest BCUT2D eigenvalue weighted by Crippen LogP contribution is 2.57. The number of amides is 2. The zero-order chi connectivity index (χ0) is 26.3. The van der Waals surface area contributed by atoms with E-state index < -0.39 is 23.4 Å². The molecule has 0 spiro atoms. The van der Waals surface area contributed by atoms with Crippen molar-refractivity contribution in [2.24, 2.45) is 5.92 Å². The minimum Gasteiger partial charge on any atom is -0.444 e. The number of hydrogen-bond donors (Lipinski definition) is 2. The van der Waals surface area contributed by atoms with Crippen molar-refractivity contribution in [1.29, 1.82) is 0 Å². The largest absolute Gasteiger partial charge is 0.444 e. The normalized spacial score (nSPS) is 20.3. The Morgan fingerprint density at radius 2 is 1.69 bits per heavy atom. The van der Waals surface area contributed by atoms with Crippen molar-refractivity contribution >= 4 is 29.0 Å². The third-order valence-corrected chi connectivity index (χ3v) is 6.25. The Labute approximate surface area is 212 Å². The van der Waals surface area contributed by atoms with Crippen LogP contribution in [0.5, 0.6) is 0 Å². The molecule has 2 bridgehead atoms. The summed E-state index contributed by atoms with van der Waals surface area (Å²) in [6.07, 6.45) is 4.07. The smallest absolute Gasteiger partial charge is 0.418 e. The van der Waals surface area contributed by atoms with Crippen LogP contribution in [0.15, 0.2) is 24.4 Å². The molecular formula is C28H35N3O5. The Kier molecular flexibility index (Phi) is 6.54. The molecule has 3 fully saturated rings. The molecule has 0 unspecified atom stereocenters. The van der Waals surface area contributed by atoms with Crippen molar-refractivity contribution in [3.63, 3.8) is 0 Å². The van der Waals surface area contributed by atoms with Gasteiger partial charge < -0.3 is 20.1 Å². The van der Waals surface area contributed by atoms with Gasteiger partial charge >= 0.3 is 12.2 Å². The third-order valence-electron chi connectivity index (χ3n) is 6.25. The second kappa shape index (κ2) is 9.20. The number of benzene rings is 1. The van der Waals surface area contributed by atoms with Gasteiger partial charge in [0.15, 0.2) is 0 Å². The molecule has 1 aromatic heterocycles. The van der Waals surface area contributed by atoms with E-state index in [0.717, 1.165) is 25.2 Å². The molecular weight excluding hydrogens is 458 g/mol. The fourth-order valence-electron chi connectivity index (χ4n) is 4.67. The van der Waals surface area contributed by atoms with Crippen LogP contribution in [0.25, 0.3) is 10.9 Å². The first kappa shape index (κ1) is 25.6. The minimum atomic E-state index is -0.642. The molecule has 8 nitrogen and oxygen atoms in total. The predicted molar refractivity (Wildman–Crippen MR) is 137 cm³/mol. The van der Waals surface area contributed by atoms with E-state index in [1.807, 2.05) is 20.8 Å². The number of ether oxygens (including phenoxy) is 2. The summed E-state index contributed by atoms with van der Waals surface area (Å²) in [6.45, 7) is 11.2. The Morgan fingerprint density at radius 3 is 2.28 bits per heavy atom. The molecule has 0 aliphatic heterocycles. The maximum Gasteiger partial charge on any atom is 0.418 e. The molecule has 1 aromatic carbocycles. The van der Waals surface area contributed by atoms with Gasteiger partial charge in [-0.3, -0.25) is 9.36 Å². The highest BCUT2D eigenvalue weighted by molar-refractivity contribution is 6.10. The molecule has 3 aliphatic rings. The molecule has 0 atom stereocenters. The maximum atomic E-state index is 13.5. The van der Waals surface area contributed by atoms with Crippen LogP contribution in [0.1, 0.15) is 83.1 Å². The number of alkyl carbamates (subject to hydrolysis) is 1. The first-order chi connectivity index (χ1) is 16.8. The van der Waals surface area contributed by atoms with E-state index in [-0.39, 0.29) is 11.4 Å². The molecule has 0 saturated heterocycles. The van der Waals surface area contributed by atoms with E-state index in [9.17, 15) is 14.4 Å². The highest BCUT2D eigenvalue weighted by atomic mass is 16.6. The van der Waals surface area contributed by atoms with Crippen LogP contribution in [0.4, 0.5) is 9.59 Å². The zero-order valence-electron chi connectivity index (χ0n) is 21.9. The number of carbonyl (C=O) groups is 3. The van der Waals surface area contributed by atoms with Gasteiger partial charge in [-0.25, -0.2) is 9.59 Å². The van der Waals surface area contributed by atoms with Crippen molar-refractivity contribution in [3.8, 4) is 11.8 Å². The standard InChI is InChI=1S/C28H35N3O5/c1-26(2,3)35-24(33)29-13-8-7-9-19-10-11-21-20(12-14-31(21)25(34)36-27(4,5)6)22(19)23(32)30-28-15-18(16-28)17-28/h10-12,14,18H,8,13,15-17H2,1-6H3,(H,29,33)(H,30,32). The van der Waals surface area contributed by atoms with Crippen molar-refractivity contribution in [3.05, 3.63) is 35.5 Å². The van der Waals surface area contributed by atoms with Gasteiger partial charge in [-0.15, -0.1) is 0 Å². The third kappa shape index (κ3) is 5.67. The fraction of sp³-hybridized carbons (Fsp3) is 0.536. The fourth-order valence-corrected chi connectivity index (χ4v) is 4.67. The summed E-state index contributed by atoms with van der Waals surface area (Å²) in [5.74, 6) is 6.68. The van der Waals surface area contributed by atoms with Gasteiger partial charge in [0.1, 0.15) is 11.2 Å². The summed E-state index contributed by atoms with van der Waals surface area (Å²) >= 11 is 0. The predicted octanol–water partition coefficient (Wildman–Crippen LogP) is 4.97. The number of rotatable bonds is 4. The van der Waals surface area contributed by atoms with Crippen LogP contribution in [0.2, 0.25) is 0 Å². The van der Waals surface area contributed by atoms with Gasteiger partial charge in [0.25, 0.3) is 5.91 Å². The second-order valence-corrected chi connectivity index (χ2v) is 11.8. The van der Waals surface area contributed by atoms with Crippen molar-refractivity contribution < 1.29 is 23.9 Å². The number of aromatic nitrogens is 1. The van der Waals surface area contributed by atoms with Gasteiger partial charge in [-0.1, -0.05) is 11.8 Å². The van der Waals surface area contributed by atoms with E-state index in [0.29, 0.717) is 35.0 Å². The lowest BCUT2D eigenvalue weighted by Crippen LogP contribution is -2.68. The van der Waals surface area contributed by atoms with Crippen LogP contribution in [0, 0.1) is 17.8 Å². The zero-order valence-corrected chi connectivity index (χ0v) is 21.9. The molecule has 192 valence electrons. The topological polar surface area (TPSA) is 98.7 Å². The SMILES string of the molecule is CC(C)(C)OC(=O)NCCC#Cc1ccc2c(ccn2C(=O)OC(C)(C)C)c1C(=O)NC12CC(C1)C2. The molecule has 3 aliphatic carbocycles. The molecule has 2 N–H and O–H groups in total. The summed E-state index contributed by atoms with van der Waals surface area (Å²) in [5, 5.41) is 6.54. The lowest BCUT2D eigenvalue weighted by atomic mass is 9.50. The number of carbonyl (C=O) groups excluding carboxylic acids is 3. The van der Waals surface area contributed by atoms with Gasteiger partial charge in [-0.2, -0.15) is 0 Å². The maximum absolute atomic E-state index is 13.5. The average molecular weight is 494 g/mol. The highest BCUT2D eigenvalue weighted by Gasteiger charge is 2.57. The van der Waals surface area contributed by atoms with Crippen molar-refractivity contribution in [2.75, 3.05) is 6.54 Å². The molecule has 2 aromatic rings. The van der Waals surface area contributed by atoms with E-state index >= 15 is 0 Å². The van der Waals surface area contributed by atoms with Gasteiger partial charge in [0.2, 0.25) is 0 Å². The lowest BCUT2D eigenvalue weighted by Gasteiger charge is -2.61. The van der Waals surface area contributed by atoms with E-state index in [1.54, 1.807) is 45.2 Å². The van der Waals surface area contributed by atoms with Gasteiger partial charge in [0.05, 0.1) is 11.1 Å². The monoisotopic (exact) mass is 493 g/mol. The Balaban J connectivity index is 1.56. The minimum absolute atomic E-state index is 0.0975. The molecule has 5 rings (SSSR count). The average Bonchev–Trinajstić information content (AvgIpc) is 3.10. The summed E-state index contributed by atoms with van der Waals surface area (Å²) < 4.78 is 12.2. The molecule has 1 heterocycles. The van der Waals surface area contributed by atoms with Gasteiger partial charge in [-0.05, 0) is 84.9 Å². The number of fused-ring (bicyclic) bond motifs is 1. The number of nitrogens with zero attached hydrogens (tertiary/aromatic N) is 1. The second-order valence-electron chi connectivity index (χ2n) is 11.8. The molecule has 8 heteroatoms. The summed E-state index contributed by atoms with van der Waals surface area (Å²) in [6, 6.07) is 5.29. The van der Waals surface area contributed by atoms with Crippen LogP contribution < -0.4 is 10.6 Å². The van der Waals surface area contributed by atoms with E-state index in [1.165, 1.54) is 4.57 Å². The van der Waals surface area contributed by atoms with Crippen LogP contribution in [-0.4, -0.2) is 45.9 Å². The lowest BCUT2D eigenvalue weighted by molar-refractivity contribution is -0.0438. The van der Waals surface area contributed by atoms with E-state index in [4.69, 9.17) is 9.47 Å². The van der Waals surface area contributed by atoms with Crippen LogP contribution >= 0.6 is 0 Å². The first-order valence-corrected chi connectivity index (χ1v) is 12.4. The molecule has 2 amide bonds. The molecule has 36 heavy (non-hydrogen) atoms. The number of nitrogens with one attached hydrogen (secondary N) is 2. The van der Waals surface area contributed by atoms with Crippen molar-refractivity contribution in [2.45, 2.75) is 84.0 Å². The van der Waals surface area contributed by atoms with E-state index in [2.05, 4.69) is 22.5 Å².